The van der Waals surface area contributed by atoms with Crippen LogP contribution in [0.2, 0.25) is 0 Å². The number of furan rings is 1. The minimum atomic E-state index is 0.511. The van der Waals surface area contributed by atoms with Crippen LogP contribution in [-0.4, -0.2) is 28.7 Å². The van der Waals surface area contributed by atoms with E-state index < -0.39 is 0 Å². The summed E-state index contributed by atoms with van der Waals surface area (Å²) in [5, 5.41) is 8.96. The molecular weight excluding hydrogens is 857 g/mol. The highest BCUT2D eigenvalue weighted by atomic mass is 16.3. The topological polar surface area (TPSA) is 66.6 Å². The Balaban J connectivity index is 1.07. The first-order chi connectivity index (χ1) is 34.7. The van der Waals surface area contributed by atoms with Crippen LogP contribution in [0.1, 0.15) is 0 Å². The molecule has 70 heavy (non-hydrogen) atoms. The van der Waals surface area contributed by atoms with Crippen LogP contribution in [0.25, 0.3) is 139 Å². The van der Waals surface area contributed by atoms with E-state index >= 15 is 0 Å². The van der Waals surface area contributed by atoms with Gasteiger partial charge in [-0.3, -0.25) is 4.57 Å². The van der Waals surface area contributed by atoms with Gasteiger partial charge in [0, 0.05) is 60.0 Å². The largest absolute Gasteiger partial charge is 0.455 e. The summed E-state index contributed by atoms with van der Waals surface area (Å²) >= 11 is 0. The molecule has 5 aromatic heterocycles. The lowest BCUT2D eigenvalue weighted by molar-refractivity contribution is 0.669. The van der Waals surface area contributed by atoms with Crippen molar-refractivity contribution in [3.63, 3.8) is 0 Å². The van der Waals surface area contributed by atoms with Crippen LogP contribution in [0, 0.1) is 0 Å². The smallest absolute Gasteiger partial charge is 0.238 e. The van der Waals surface area contributed by atoms with Gasteiger partial charge in [-0.25, -0.2) is 4.98 Å². The fraction of sp³-hybridized carbons (Fsp3) is 0. The molecule has 0 amide bonds. The van der Waals surface area contributed by atoms with E-state index in [4.69, 9.17) is 19.4 Å². The third-order valence-electron chi connectivity index (χ3n) is 14.1. The SMILES string of the molecule is c1ccc(-c2cccc(-n3c4ccc(-n5c6ccccc6c6ccccc65)cc4c4ccc5c6ccccc6n(-c6nc(-c7ccccc7)nc(-c7cccc8c7oc7ccccc78)n6)c5c43)c2)cc1. The zero-order valence-electron chi connectivity index (χ0n) is 37.5. The lowest BCUT2D eigenvalue weighted by Gasteiger charge is -2.14. The van der Waals surface area contributed by atoms with E-state index in [1.807, 2.05) is 36.4 Å². The second-order valence-corrected chi connectivity index (χ2v) is 18.0. The summed E-state index contributed by atoms with van der Waals surface area (Å²) < 4.78 is 13.7. The Morgan fingerprint density at radius 2 is 0.829 bits per heavy atom. The summed E-state index contributed by atoms with van der Waals surface area (Å²) in [5.74, 6) is 1.61. The summed E-state index contributed by atoms with van der Waals surface area (Å²) in [5.41, 5.74) is 14.1. The zero-order chi connectivity index (χ0) is 45.9. The van der Waals surface area contributed by atoms with E-state index in [0.717, 1.165) is 99.2 Å². The van der Waals surface area contributed by atoms with E-state index in [1.54, 1.807) is 0 Å². The Kier molecular flexibility index (Phi) is 8.23. The van der Waals surface area contributed by atoms with Crippen molar-refractivity contribution in [1.29, 1.82) is 0 Å². The van der Waals surface area contributed by atoms with Crippen LogP contribution in [0.15, 0.2) is 235 Å². The average molecular weight is 895 g/mol. The van der Waals surface area contributed by atoms with Gasteiger partial charge >= 0.3 is 0 Å². The molecular formula is C63H38N6O. The maximum absolute atomic E-state index is 6.62. The fourth-order valence-electron chi connectivity index (χ4n) is 11.0. The van der Waals surface area contributed by atoms with Crippen molar-refractivity contribution in [2.75, 3.05) is 0 Å². The Labute approximate surface area is 400 Å². The third kappa shape index (κ3) is 5.66. The molecule has 0 aliphatic carbocycles. The number of aromatic nitrogens is 6. The molecule has 0 saturated heterocycles. The molecule has 10 aromatic carbocycles. The van der Waals surface area contributed by atoms with Crippen LogP contribution >= 0.6 is 0 Å². The van der Waals surface area contributed by atoms with Gasteiger partial charge in [-0.15, -0.1) is 0 Å². The predicted octanol–water partition coefficient (Wildman–Crippen LogP) is 16.1. The number of hydrogen-bond donors (Lipinski definition) is 0. The van der Waals surface area contributed by atoms with Crippen LogP contribution in [0.4, 0.5) is 0 Å². The van der Waals surface area contributed by atoms with Crippen molar-refractivity contribution in [2.45, 2.75) is 0 Å². The molecule has 0 atom stereocenters. The maximum atomic E-state index is 6.62. The van der Waals surface area contributed by atoms with Gasteiger partial charge in [-0.1, -0.05) is 170 Å². The molecule has 0 bridgehead atoms. The normalized spacial score (nSPS) is 12.0. The summed E-state index contributed by atoms with van der Waals surface area (Å²) in [6.07, 6.45) is 0. The molecule has 15 aromatic rings. The van der Waals surface area contributed by atoms with Gasteiger partial charge < -0.3 is 13.6 Å². The Morgan fingerprint density at radius 1 is 0.300 bits per heavy atom. The van der Waals surface area contributed by atoms with Crippen molar-refractivity contribution in [2.24, 2.45) is 0 Å². The molecule has 0 saturated carbocycles. The molecule has 15 rings (SSSR count). The summed E-state index contributed by atoms with van der Waals surface area (Å²) in [6.45, 7) is 0. The minimum Gasteiger partial charge on any atom is -0.455 e. The number of hydrogen-bond acceptors (Lipinski definition) is 4. The van der Waals surface area contributed by atoms with E-state index in [1.165, 1.54) is 21.8 Å². The Morgan fingerprint density at radius 3 is 1.57 bits per heavy atom. The number of para-hydroxylation sites is 5. The second-order valence-electron chi connectivity index (χ2n) is 18.0. The van der Waals surface area contributed by atoms with Crippen molar-refractivity contribution in [3.05, 3.63) is 231 Å². The summed E-state index contributed by atoms with van der Waals surface area (Å²) in [7, 11) is 0. The van der Waals surface area contributed by atoms with Crippen molar-refractivity contribution in [1.82, 2.24) is 28.7 Å². The molecule has 0 aliphatic rings. The van der Waals surface area contributed by atoms with Crippen molar-refractivity contribution >= 4 is 87.4 Å². The van der Waals surface area contributed by atoms with Crippen LogP contribution < -0.4 is 0 Å². The van der Waals surface area contributed by atoms with Gasteiger partial charge in [0.05, 0.1) is 38.7 Å². The Hall–Kier alpha value is -9.59. The molecule has 326 valence electrons. The lowest BCUT2D eigenvalue weighted by atomic mass is 10.1. The zero-order valence-corrected chi connectivity index (χ0v) is 37.5. The molecule has 0 spiro atoms. The molecule has 0 N–H and O–H groups in total. The van der Waals surface area contributed by atoms with E-state index in [9.17, 15) is 0 Å². The summed E-state index contributed by atoms with van der Waals surface area (Å²) in [6, 6.07) is 81.6. The van der Waals surface area contributed by atoms with Crippen LogP contribution in [0.5, 0.6) is 0 Å². The highest BCUT2D eigenvalue weighted by Crippen LogP contribution is 2.44. The standard InChI is InChI=1S/C63H38N6O/c1-3-17-39(18-4-1)41-21-15-22-42(37-41)68-56-36-33-43(67-53-29-11-7-23-44(53)45-24-8-12-30-54(45)67)38-52(56)49-35-34-48-46-25-9-13-31-55(46)69(59(48)58(49)68)63-65-61(40-19-5-2-6-20-40)64-62(66-63)51-28-16-27-50-47-26-10-14-32-57(47)70-60(50)51/h1-38H. The van der Waals surface area contributed by atoms with E-state index in [0.29, 0.717) is 17.6 Å². The number of fused-ring (bicyclic) bond motifs is 13. The number of rotatable bonds is 6. The predicted molar refractivity (Wildman–Crippen MR) is 286 cm³/mol. The van der Waals surface area contributed by atoms with Crippen LogP contribution in [0.3, 0.4) is 0 Å². The molecule has 7 heteroatoms. The minimum absolute atomic E-state index is 0.511. The number of benzene rings is 10. The van der Waals surface area contributed by atoms with Gasteiger partial charge in [0.15, 0.2) is 11.6 Å². The first kappa shape index (κ1) is 38.5. The fourth-order valence-corrected chi connectivity index (χ4v) is 11.0. The quantitative estimate of drug-likeness (QED) is 0.167. The monoisotopic (exact) mass is 894 g/mol. The van der Waals surface area contributed by atoms with E-state index in [2.05, 4.69) is 208 Å². The number of nitrogens with zero attached hydrogens (tertiary/aromatic N) is 6. The molecule has 0 radical (unpaired) electrons. The average Bonchev–Trinajstić information content (AvgIpc) is 4.18. The van der Waals surface area contributed by atoms with Crippen LogP contribution in [-0.2, 0) is 0 Å². The van der Waals surface area contributed by atoms with Gasteiger partial charge in [-0.2, -0.15) is 9.97 Å². The van der Waals surface area contributed by atoms with Gasteiger partial charge in [0.1, 0.15) is 11.2 Å². The first-order valence-corrected chi connectivity index (χ1v) is 23.6. The van der Waals surface area contributed by atoms with Crippen molar-refractivity contribution in [3.8, 4) is 51.2 Å². The molecule has 7 nitrogen and oxygen atoms in total. The molecule has 0 aliphatic heterocycles. The highest BCUT2D eigenvalue weighted by Gasteiger charge is 2.25. The van der Waals surface area contributed by atoms with Gasteiger partial charge in [0.25, 0.3) is 0 Å². The third-order valence-corrected chi connectivity index (χ3v) is 14.1. The summed E-state index contributed by atoms with van der Waals surface area (Å²) in [4.78, 5) is 16.1. The lowest BCUT2D eigenvalue weighted by Crippen LogP contribution is -2.07. The Bertz CT molecular complexity index is 4540. The maximum Gasteiger partial charge on any atom is 0.238 e. The molecule has 5 heterocycles. The second kappa shape index (κ2) is 15.0. The molecule has 0 fully saturated rings. The van der Waals surface area contributed by atoms with Crippen molar-refractivity contribution < 1.29 is 4.42 Å². The van der Waals surface area contributed by atoms with E-state index in [-0.39, 0.29) is 0 Å². The first-order valence-electron chi connectivity index (χ1n) is 23.6. The highest BCUT2D eigenvalue weighted by molar-refractivity contribution is 6.24. The van der Waals surface area contributed by atoms with Gasteiger partial charge in [-0.05, 0) is 71.8 Å². The van der Waals surface area contributed by atoms with Gasteiger partial charge in [0.2, 0.25) is 5.95 Å². The molecule has 0 unspecified atom stereocenters.